The number of hydrogen-bond acceptors (Lipinski definition) is 8. The summed E-state index contributed by atoms with van der Waals surface area (Å²) in [4.78, 5) is 18.5. The molecule has 1 aliphatic carbocycles. The third kappa shape index (κ3) is 4.34. The average Bonchev–Trinajstić information content (AvgIpc) is 3.70. The lowest BCUT2D eigenvalue weighted by molar-refractivity contribution is 0.0839. The molecule has 3 unspecified atom stereocenters. The predicted octanol–water partition coefficient (Wildman–Crippen LogP) is 4.83. The zero-order valence-corrected chi connectivity index (χ0v) is 23.3. The number of alkyl halides is 1. The molecule has 3 saturated heterocycles. The van der Waals surface area contributed by atoms with Crippen molar-refractivity contribution in [3.63, 3.8) is 0 Å². The molecule has 10 heteroatoms. The Bertz CT molecular complexity index is 1660. The van der Waals surface area contributed by atoms with Crippen LogP contribution in [0.2, 0.25) is 0 Å². The highest BCUT2D eigenvalue weighted by Crippen LogP contribution is 2.43. The molecule has 0 radical (unpaired) electrons. The zero-order chi connectivity index (χ0) is 28.4. The largest absolute Gasteiger partial charge is 0.508 e. The Labute approximate surface area is 242 Å². The standard InChI is InChI=1S/C32H34F2N6O2/c33-9-10-40-22-8-5-19(11-22)27(40)17-42-32-37-30-26(31(38-32)39-15-20-6-7-21(16-39)36-20)14-35-29(28(30)34)25-13-23(41)12-18-3-1-2-4-24(18)25/h1-4,12-14,19-22,27,36,41H,5-11,15-17H2/t19?,20-,21+,22?,27?. The van der Waals surface area contributed by atoms with E-state index in [2.05, 4.69) is 25.1 Å². The van der Waals surface area contributed by atoms with Crippen molar-refractivity contribution < 1.29 is 18.6 Å². The highest BCUT2D eigenvalue weighted by Gasteiger charge is 2.46. The minimum Gasteiger partial charge on any atom is -0.508 e. The van der Waals surface area contributed by atoms with Crippen molar-refractivity contribution in [2.75, 3.05) is 37.8 Å². The van der Waals surface area contributed by atoms with Crippen LogP contribution in [-0.2, 0) is 0 Å². The van der Waals surface area contributed by atoms with Crippen molar-refractivity contribution in [3.05, 3.63) is 48.4 Å². The normalized spacial score (nSPS) is 27.0. The first-order chi connectivity index (χ1) is 20.6. The average molecular weight is 573 g/mol. The minimum absolute atomic E-state index is 0.0392. The fraction of sp³-hybridized carbons (Fsp3) is 0.469. The number of fused-ring (bicyclic) bond motifs is 6. The lowest BCUT2D eigenvalue weighted by Crippen LogP contribution is -2.51. The molecule has 5 heterocycles. The number of nitrogens with zero attached hydrogens (tertiary/aromatic N) is 5. The summed E-state index contributed by atoms with van der Waals surface area (Å²) < 4.78 is 36.2. The molecule has 4 fully saturated rings. The van der Waals surface area contributed by atoms with Crippen molar-refractivity contribution >= 4 is 27.5 Å². The number of anilines is 1. The molecule has 1 saturated carbocycles. The molecule has 0 spiro atoms. The van der Waals surface area contributed by atoms with Gasteiger partial charge >= 0.3 is 6.01 Å². The molecule has 218 valence electrons. The van der Waals surface area contributed by atoms with Crippen molar-refractivity contribution in [2.24, 2.45) is 5.92 Å². The summed E-state index contributed by atoms with van der Waals surface area (Å²) in [6, 6.07) is 12.1. The number of aromatic hydroxyl groups is 1. The molecule has 5 atom stereocenters. The Balaban J connectivity index is 1.22. The third-order valence-electron chi connectivity index (χ3n) is 9.87. The van der Waals surface area contributed by atoms with Crippen LogP contribution in [0.3, 0.4) is 0 Å². The molecule has 42 heavy (non-hydrogen) atoms. The van der Waals surface area contributed by atoms with E-state index in [0.29, 0.717) is 54.0 Å². The Morgan fingerprint density at radius 3 is 2.69 bits per heavy atom. The van der Waals surface area contributed by atoms with Crippen molar-refractivity contribution in [3.8, 4) is 23.0 Å². The van der Waals surface area contributed by atoms with E-state index in [-0.39, 0.29) is 35.7 Å². The molecule has 2 N–H and O–H groups in total. The minimum atomic E-state index is -0.575. The first-order valence-corrected chi connectivity index (χ1v) is 15.1. The first-order valence-electron chi connectivity index (χ1n) is 15.1. The van der Waals surface area contributed by atoms with E-state index in [4.69, 9.17) is 9.72 Å². The summed E-state index contributed by atoms with van der Waals surface area (Å²) in [5.41, 5.74) is 0.761. The van der Waals surface area contributed by atoms with Crippen LogP contribution < -0.4 is 15.0 Å². The van der Waals surface area contributed by atoms with E-state index in [9.17, 15) is 9.50 Å². The lowest BCUT2D eigenvalue weighted by atomic mass is 9.99. The summed E-state index contributed by atoms with van der Waals surface area (Å²) in [7, 11) is 0. The number of pyridine rings is 1. The van der Waals surface area contributed by atoms with Crippen LogP contribution in [0.15, 0.2) is 42.6 Å². The van der Waals surface area contributed by atoms with Crippen LogP contribution in [0.1, 0.15) is 32.1 Å². The Kier molecular flexibility index (Phi) is 6.37. The number of rotatable bonds is 7. The van der Waals surface area contributed by atoms with Gasteiger partial charge in [0.2, 0.25) is 0 Å². The number of ether oxygens (including phenoxy) is 1. The van der Waals surface area contributed by atoms with Crippen LogP contribution >= 0.6 is 0 Å². The van der Waals surface area contributed by atoms with Gasteiger partial charge in [0.1, 0.15) is 36.1 Å². The van der Waals surface area contributed by atoms with E-state index in [0.717, 1.165) is 56.0 Å². The van der Waals surface area contributed by atoms with E-state index in [1.165, 1.54) is 0 Å². The summed E-state index contributed by atoms with van der Waals surface area (Å²) in [6.45, 7) is 1.89. The highest BCUT2D eigenvalue weighted by molar-refractivity contribution is 5.99. The van der Waals surface area contributed by atoms with Crippen LogP contribution in [-0.4, -0.2) is 82.0 Å². The predicted molar refractivity (Wildman–Crippen MR) is 157 cm³/mol. The van der Waals surface area contributed by atoms with Gasteiger partial charge in [-0.1, -0.05) is 24.3 Å². The number of halogens is 2. The molecule has 4 aromatic rings. The maximum Gasteiger partial charge on any atom is 0.319 e. The van der Waals surface area contributed by atoms with Crippen molar-refractivity contribution in [1.82, 2.24) is 25.2 Å². The van der Waals surface area contributed by atoms with Gasteiger partial charge in [0, 0.05) is 55.6 Å². The Hall–Kier alpha value is -3.63. The Morgan fingerprint density at radius 1 is 1.02 bits per heavy atom. The van der Waals surface area contributed by atoms with E-state index in [1.54, 1.807) is 18.3 Å². The third-order valence-corrected chi connectivity index (χ3v) is 9.87. The number of likely N-dealkylation sites (tertiary alicyclic amines) is 1. The van der Waals surface area contributed by atoms with Gasteiger partial charge in [-0.05, 0) is 60.9 Å². The molecular weight excluding hydrogens is 538 g/mol. The van der Waals surface area contributed by atoms with Gasteiger partial charge in [0.05, 0.1) is 5.39 Å². The molecule has 3 aliphatic heterocycles. The van der Waals surface area contributed by atoms with Gasteiger partial charge in [-0.25, -0.2) is 8.78 Å². The van der Waals surface area contributed by atoms with Gasteiger partial charge in [-0.3, -0.25) is 9.88 Å². The fourth-order valence-electron chi connectivity index (χ4n) is 8.00. The number of phenolic OH excluding ortho intramolecular Hbond substituents is 1. The number of piperazine rings is 1. The zero-order valence-electron chi connectivity index (χ0n) is 23.3. The SMILES string of the molecule is Oc1cc(-c2ncc3c(N4C[C@H]5CC[C@@H](C4)N5)nc(OCC4C5CCC(C5)N4CCF)nc3c2F)c2ccccc2c1. The second kappa shape index (κ2) is 10.3. The van der Waals surface area contributed by atoms with Gasteiger partial charge < -0.3 is 20.1 Å². The highest BCUT2D eigenvalue weighted by atomic mass is 19.1. The monoisotopic (exact) mass is 572 g/mol. The van der Waals surface area contributed by atoms with E-state index in [1.807, 2.05) is 24.3 Å². The van der Waals surface area contributed by atoms with Gasteiger partial charge in [0.15, 0.2) is 5.82 Å². The van der Waals surface area contributed by atoms with Crippen molar-refractivity contribution in [2.45, 2.75) is 56.3 Å². The molecule has 2 aromatic heterocycles. The van der Waals surface area contributed by atoms with E-state index < -0.39 is 5.82 Å². The molecule has 4 aliphatic rings. The number of benzene rings is 2. The van der Waals surface area contributed by atoms with E-state index >= 15 is 4.39 Å². The molecular formula is C32H34F2N6O2. The topological polar surface area (TPSA) is 86.6 Å². The van der Waals surface area contributed by atoms with Crippen LogP contribution in [0, 0.1) is 11.7 Å². The molecule has 0 amide bonds. The molecule has 4 bridgehead atoms. The summed E-state index contributed by atoms with van der Waals surface area (Å²) in [5.74, 6) is 0.559. The van der Waals surface area contributed by atoms with Gasteiger partial charge in [-0.15, -0.1) is 0 Å². The summed E-state index contributed by atoms with van der Waals surface area (Å²) >= 11 is 0. The number of hydrogen-bond donors (Lipinski definition) is 2. The Morgan fingerprint density at radius 2 is 1.86 bits per heavy atom. The fourth-order valence-corrected chi connectivity index (χ4v) is 8.00. The second-order valence-electron chi connectivity index (χ2n) is 12.3. The number of nitrogens with one attached hydrogen (secondary N) is 1. The molecule has 2 aromatic carbocycles. The maximum absolute atomic E-state index is 16.6. The lowest BCUT2D eigenvalue weighted by Gasteiger charge is -2.35. The molecule has 8 nitrogen and oxygen atoms in total. The maximum atomic E-state index is 16.6. The number of phenols is 1. The summed E-state index contributed by atoms with van der Waals surface area (Å²) in [6.07, 6.45) is 7.15. The number of aromatic nitrogens is 3. The number of piperidine rings is 1. The van der Waals surface area contributed by atoms with Gasteiger partial charge in [-0.2, -0.15) is 9.97 Å². The first kappa shape index (κ1) is 26.0. The summed E-state index contributed by atoms with van der Waals surface area (Å²) in [5, 5.41) is 16.2. The van der Waals surface area contributed by atoms with Gasteiger partial charge in [0.25, 0.3) is 0 Å². The smallest absolute Gasteiger partial charge is 0.319 e. The quantitative estimate of drug-likeness (QED) is 0.326. The van der Waals surface area contributed by atoms with Crippen LogP contribution in [0.4, 0.5) is 14.6 Å². The van der Waals surface area contributed by atoms with Crippen LogP contribution in [0.5, 0.6) is 11.8 Å². The van der Waals surface area contributed by atoms with Crippen LogP contribution in [0.25, 0.3) is 32.9 Å². The molecule has 8 rings (SSSR count). The van der Waals surface area contributed by atoms with Crippen molar-refractivity contribution in [1.29, 1.82) is 0 Å². The second-order valence-corrected chi connectivity index (χ2v) is 12.3.